The number of aryl methyl sites for hydroxylation is 1. The molecule has 6 rings (SSSR count). The van der Waals surface area contributed by atoms with Gasteiger partial charge in [0.2, 0.25) is 5.91 Å². The average Bonchev–Trinajstić information content (AvgIpc) is 3.37. The summed E-state index contributed by atoms with van der Waals surface area (Å²) in [6, 6.07) is 18.2. The second-order valence-electron chi connectivity index (χ2n) is 9.77. The molecule has 1 atom stereocenters. The number of nitrogens with two attached hydrogens (primary N) is 1. The van der Waals surface area contributed by atoms with E-state index in [1.165, 1.54) is 36.0 Å². The van der Waals surface area contributed by atoms with Gasteiger partial charge in [0.25, 0.3) is 0 Å². The highest BCUT2D eigenvalue weighted by atomic mass is 19.1. The van der Waals surface area contributed by atoms with Crippen molar-refractivity contribution in [2.45, 2.75) is 25.7 Å². The number of rotatable bonds is 6. The van der Waals surface area contributed by atoms with Crippen LogP contribution in [0.3, 0.4) is 0 Å². The highest BCUT2D eigenvalue weighted by molar-refractivity contribution is 5.86. The van der Waals surface area contributed by atoms with Crippen LogP contribution in [0.2, 0.25) is 0 Å². The first-order valence-corrected chi connectivity index (χ1v) is 12.9. The Morgan fingerprint density at radius 2 is 1.81 bits per heavy atom. The smallest absolute Gasteiger partial charge is 0.222 e. The summed E-state index contributed by atoms with van der Waals surface area (Å²) in [5.41, 5.74) is 7.54. The zero-order chi connectivity index (χ0) is 24.9. The molecule has 3 aliphatic rings. The molecule has 3 aliphatic heterocycles. The molecule has 2 fully saturated rings. The average molecular weight is 492 g/mol. The molecule has 190 valence electrons. The van der Waals surface area contributed by atoms with Crippen molar-refractivity contribution >= 4 is 22.4 Å². The minimum Gasteiger partial charge on any atom is -0.486 e. The van der Waals surface area contributed by atoms with Crippen molar-refractivity contribution in [2.75, 3.05) is 50.8 Å². The van der Waals surface area contributed by atoms with Crippen LogP contribution in [0.25, 0.3) is 10.8 Å². The number of nitrogens with zero attached hydrogens (tertiary/aromatic N) is 2. The number of benzene rings is 3. The molecule has 0 aliphatic carbocycles. The van der Waals surface area contributed by atoms with Crippen LogP contribution in [-0.2, 0) is 11.2 Å². The molecule has 7 heteroatoms. The quantitative estimate of drug-likeness (QED) is 0.554. The fraction of sp³-hybridized carbons (Fsp3) is 0.414. The summed E-state index contributed by atoms with van der Waals surface area (Å²) in [7, 11) is 0. The lowest BCUT2D eigenvalue weighted by Gasteiger charge is -2.30. The summed E-state index contributed by atoms with van der Waals surface area (Å²) in [4.78, 5) is 15.8. The van der Waals surface area contributed by atoms with Gasteiger partial charge in [-0.3, -0.25) is 4.79 Å². The summed E-state index contributed by atoms with van der Waals surface area (Å²) in [6.45, 7) is 6.13. The van der Waals surface area contributed by atoms with Crippen molar-refractivity contribution in [2.24, 2.45) is 11.7 Å². The van der Waals surface area contributed by atoms with Gasteiger partial charge in [0.1, 0.15) is 13.2 Å². The zero-order valence-corrected chi connectivity index (χ0v) is 20.6. The number of primary amides is 1. The Kier molecular flexibility index (Phi) is 7.56. The largest absolute Gasteiger partial charge is 0.486 e. The lowest BCUT2D eigenvalue weighted by atomic mass is 10.1. The van der Waals surface area contributed by atoms with Gasteiger partial charge in [0.15, 0.2) is 17.3 Å². The van der Waals surface area contributed by atoms with Gasteiger partial charge in [0, 0.05) is 18.8 Å². The van der Waals surface area contributed by atoms with E-state index in [2.05, 4.69) is 40.1 Å². The van der Waals surface area contributed by atoms with Gasteiger partial charge in [-0.2, -0.15) is 0 Å². The third-order valence-corrected chi connectivity index (χ3v) is 7.23. The van der Waals surface area contributed by atoms with Gasteiger partial charge in [-0.05, 0) is 85.9 Å². The van der Waals surface area contributed by atoms with Crippen molar-refractivity contribution in [3.05, 3.63) is 66.0 Å². The fourth-order valence-corrected chi connectivity index (χ4v) is 5.02. The van der Waals surface area contributed by atoms with Gasteiger partial charge in [-0.15, -0.1) is 0 Å². The van der Waals surface area contributed by atoms with Crippen LogP contribution in [0.4, 0.5) is 10.1 Å². The van der Waals surface area contributed by atoms with Gasteiger partial charge in [0.05, 0.1) is 5.92 Å². The monoisotopic (exact) mass is 491 g/mol. The highest BCUT2D eigenvalue weighted by Gasteiger charge is 2.26. The molecule has 36 heavy (non-hydrogen) atoms. The maximum absolute atomic E-state index is 13.8. The predicted octanol–water partition coefficient (Wildman–Crippen LogP) is 4.39. The lowest BCUT2D eigenvalue weighted by Crippen LogP contribution is -2.37. The van der Waals surface area contributed by atoms with Gasteiger partial charge in [-0.25, -0.2) is 4.39 Å². The first kappa shape index (κ1) is 24.4. The topological polar surface area (TPSA) is 68.0 Å². The standard InChI is InChI=1S/C15H16N2O.C14H18FNO2/c16-15(18)13-7-8-17(10-13)14-6-5-11-3-1-2-4-12(11)9-14;15-12-9-11(3-1-4-16-5-2-6-16)10-13-14(12)18-8-7-17-13/h1-6,9,13H,7-8,10H2,(H2,16,18);9-10H,1-8H2. The van der Waals surface area contributed by atoms with E-state index in [0.717, 1.165) is 44.5 Å². The summed E-state index contributed by atoms with van der Waals surface area (Å²) >= 11 is 0. The second-order valence-corrected chi connectivity index (χ2v) is 9.77. The zero-order valence-electron chi connectivity index (χ0n) is 20.6. The van der Waals surface area contributed by atoms with Crippen molar-refractivity contribution in [3.8, 4) is 11.5 Å². The second kappa shape index (κ2) is 11.2. The number of halogens is 1. The predicted molar refractivity (Wildman–Crippen MR) is 140 cm³/mol. The Hall–Kier alpha value is -3.32. The number of hydrogen-bond acceptors (Lipinski definition) is 5. The normalized spacial score (nSPS) is 18.9. The summed E-state index contributed by atoms with van der Waals surface area (Å²) < 4.78 is 24.5. The molecule has 0 radical (unpaired) electrons. The SMILES string of the molecule is Fc1cc(CCCN2CCC2)cc2c1OCCO2.NC(=O)C1CCN(c2ccc3ccccc3c2)C1. The van der Waals surface area contributed by atoms with Gasteiger partial charge < -0.3 is 25.0 Å². The molecule has 1 unspecified atom stereocenters. The molecule has 0 saturated carbocycles. The third kappa shape index (κ3) is 5.73. The van der Waals surface area contributed by atoms with Gasteiger partial charge in [-0.1, -0.05) is 30.3 Å². The minimum absolute atomic E-state index is 0.00327. The number of carbonyl (C=O) groups excluding carboxylic acids is 1. The Morgan fingerprint density at radius 1 is 1.00 bits per heavy atom. The number of carbonyl (C=O) groups is 1. The van der Waals surface area contributed by atoms with E-state index in [9.17, 15) is 9.18 Å². The van der Waals surface area contributed by atoms with Crippen LogP contribution >= 0.6 is 0 Å². The lowest BCUT2D eigenvalue weighted by molar-refractivity contribution is -0.121. The molecule has 2 N–H and O–H groups in total. The highest BCUT2D eigenvalue weighted by Crippen LogP contribution is 2.34. The summed E-state index contributed by atoms with van der Waals surface area (Å²) in [5, 5.41) is 2.48. The van der Waals surface area contributed by atoms with E-state index in [4.69, 9.17) is 15.2 Å². The van der Waals surface area contributed by atoms with Crippen molar-refractivity contribution in [3.63, 3.8) is 0 Å². The van der Waals surface area contributed by atoms with E-state index in [1.54, 1.807) is 6.07 Å². The van der Waals surface area contributed by atoms with Crippen LogP contribution in [0.5, 0.6) is 11.5 Å². The Bertz CT molecular complexity index is 1210. The van der Waals surface area contributed by atoms with Crippen LogP contribution in [0.1, 0.15) is 24.8 Å². The number of anilines is 1. The first-order valence-electron chi connectivity index (χ1n) is 12.9. The molecule has 2 saturated heterocycles. The number of amides is 1. The molecule has 3 heterocycles. The molecule has 0 bridgehead atoms. The third-order valence-electron chi connectivity index (χ3n) is 7.23. The minimum atomic E-state index is -0.300. The Morgan fingerprint density at radius 3 is 2.56 bits per heavy atom. The Balaban J connectivity index is 0.000000148. The Labute approximate surface area is 211 Å². The van der Waals surface area contributed by atoms with E-state index in [0.29, 0.717) is 19.0 Å². The van der Waals surface area contributed by atoms with E-state index in [1.807, 2.05) is 18.2 Å². The first-order chi connectivity index (χ1) is 17.6. The molecular formula is C29H34FN3O3. The maximum atomic E-state index is 13.8. The molecule has 3 aromatic rings. The molecule has 0 aromatic heterocycles. The molecule has 1 amide bonds. The van der Waals surface area contributed by atoms with Crippen molar-refractivity contribution in [1.29, 1.82) is 0 Å². The van der Waals surface area contributed by atoms with E-state index >= 15 is 0 Å². The van der Waals surface area contributed by atoms with Crippen LogP contribution in [0, 0.1) is 11.7 Å². The van der Waals surface area contributed by atoms with E-state index in [-0.39, 0.29) is 23.4 Å². The van der Waals surface area contributed by atoms with Crippen LogP contribution < -0.4 is 20.1 Å². The van der Waals surface area contributed by atoms with Crippen LogP contribution in [0.15, 0.2) is 54.6 Å². The number of fused-ring (bicyclic) bond motifs is 2. The molecule has 3 aromatic carbocycles. The molecule has 0 spiro atoms. The maximum Gasteiger partial charge on any atom is 0.222 e. The number of hydrogen-bond donors (Lipinski definition) is 1. The summed E-state index contributed by atoms with van der Waals surface area (Å²) in [5.74, 6) is 0.342. The van der Waals surface area contributed by atoms with E-state index < -0.39 is 0 Å². The van der Waals surface area contributed by atoms with Crippen LogP contribution in [-0.4, -0.2) is 56.7 Å². The number of ether oxygens (including phenoxy) is 2. The van der Waals surface area contributed by atoms with Crippen molar-refractivity contribution < 1.29 is 18.7 Å². The number of likely N-dealkylation sites (tertiary alicyclic amines) is 1. The molecular weight excluding hydrogens is 457 g/mol. The summed E-state index contributed by atoms with van der Waals surface area (Å²) in [6.07, 6.45) is 4.14. The van der Waals surface area contributed by atoms with Crippen molar-refractivity contribution in [1.82, 2.24) is 4.90 Å². The molecule has 6 nitrogen and oxygen atoms in total. The fourth-order valence-electron chi connectivity index (χ4n) is 5.02. The van der Waals surface area contributed by atoms with Gasteiger partial charge >= 0.3 is 0 Å².